The van der Waals surface area contributed by atoms with Gasteiger partial charge in [0.05, 0.1) is 4.92 Å². The fourth-order valence-corrected chi connectivity index (χ4v) is 1.98. The van der Waals surface area contributed by atoms with Crippen molar-refractivity contribution < 1.29 is 18.8 Å². The van der Waals surface area contributed by atoms with Crippen molar-refractivity contribution in [2.24, 2.45) is 0 Å². The molecule has 0 fully saturated rings. The average molecular weight is 333 g/mol. The van der Waals surface area contributed by atoms with Gasteiger partial charge in [-0.1, -0.05) is 12.1 Å². The van der Waals surface area contributed by atoms with Crippen LogP contribution in [0.25, 0.3) is 0 Å². The van der Waals surface area contributed by atoms with E-state index in [0.717, 1.165) is 5.56 Å². The summed E-state index contributed by atoms with van der Waals surface area (Å²) in [4.78, 5) is 27.7. The summed E-state index contributed by atoms with van der Waals surface area (Å²) in [6, 6.07) is 7.10. The number of hydrogen-bond acceptors (Lipinski definition) is 5. The second-order valence-corrected chi connectivity index (χ2v) is 5.26. The summed E-state index contributed by atoms with van der Waals surface area (Å²) in [7, 11) is 1.56. The molecule has 7 nitrogen and oxygen atoms in total. The van der Waals surface area contributed by atoms with E-state index in [0.29, 0.717) is 5.56 Å². The van der Waals surface area contributed by atoms with E-state index >= 15 is 0 Å². The first kappa shape index (κ1) is 17.3. The van der Waals surface area contributed by atoms with E-state index in [9.17, 15) is 19.3 Å². The van der Waals surface area contributed by atoms with E-state index in [4.69, 9.17) is 4.74 Å². The van der Waals surface area contributed by atoms with E-state index in [1.54, 1.807) is 26.1 Å². The van der Waals surface area contributed by atoms with Crippen molar-refractivity contribution in [1.82, 2.24) is 9.88 Å². The average Bonchev–Trinajstić information content (AvgIpc) is 2.55. The second-order valence-electron chi connectivity index (χ2n) is 5.26. The van der Waals surface area contributed by atoms with E-state index in [2.05, 4.69) is 4.98 Å². The summed E-state index contributed by atoms with van der Waals surface area (Å²) in [5.74, 6) is -0.932. The van der Waals surface area contributed by atoms with Crippen molar-refractivity contribution in [3.8, 4) is 5.88 Å². The Morgan fingerprint density at radius 3 is 2.67 bits per heavy atom. The maximum atomic E-state index is 12.9. The van der Waals surface area contributed by atoms with Crippen molar-refractivity contribution >= 4 is 11.6 Å². The van der Waals surface area contributed by atoms with Gasteiger partial charge >= 0.3 is 5.69 Å². The highest BCUT2D eigenvalue weighted by Crippen LogP contribution is 2.24. The first-order valence-electron chi connectivity index (χ1n) is 7.09. The van der Waals surface area contributed by atoms with Crippen molar-refractivity contribution in [2.45, 2.75) is 13.5 Å². The molecule has 0 aliphatic carbocycles. The van der Waals surface area contributed by atoms with Crippen LogP contribution < -0.4 is 4.74 Å². The minimum atomic E-state index is -0.609. The molecule has 0 radical (unpaired) electrons. The fourth-order valence-electron chi connectivity index (χ4n) is 1.98. The van der Waals surface area contributed by atoms with Gasteiger partial charge in [-0.3, -0.25) is 14.9 Å². The molecular formula is C16H16FN3O4. The van der Waals surface area contributed by atoms with Crippen molar-refractivity contribution in [3.63, 3.8) is 0 Å². The van der Waals surface area contributed by atoms with Crippen LogP contribution in [0.4, 0.5) is 10.1 Å². The van der Waals surface area contributed by atoms with Crippen LogP contribution in [0.3, 0.4) is 0 Å². The molecule has 0 unspecified atom stereocenters. The lowest BCUT2D eigenvalue weighted by Crippen LogP contribution is -2.31. The number of carbonyl (C=O) groups excluding carboxylic acids is 1. The van der Waals surface area contributed by atoms with Crippen LogP contribution >= 0.6 is 0 Å². The molecule has 0 bridgehead atoms. The number of likely N-dealkylation sites (N-methyl/N-ethyl adjacent to an activating group) is 1. The lowest BCUT2D eigenvalue weighted by Gasteiger charge is -2.17. The predicted molar refractivity (Wildman–Crippen MR) is 84.0 cm³/mol. The molecule has 2 rings (SSSR count). The van der Waals surface area contributed by atoms with Crippen LogP contribution in [0.15, 0.2) is 36.5 Å². The Bertz CT molecular complexity index is 749. The van der Waals surface area contributed by atoms with Gasteiger partial charge in [0.15, 0.2) is 6.61 Å². The number of pyridine rings is 1. The third kappa shape index (κ3) is 4.48. The van der Waals surface area contributed by atoms with Crippen molar-refractivity contribution in [2.75, 3.05) is 13.7 Å². The minimum absolute atomic E-state index is 0.200. The number of nitrogens with zero attached hydrogens (tertiary/aromatic N) is 3. The van der Waals surface area contributed by atoms with Gasteiger partial charge in [0.25, 0.3) is 11.8 Å². The molecule has 126 valence electrons. The summed E-state index contributed by atoms with van der Waals surface area (Å²) >= 11 is 0. The molecule has 1 amide bonds. The van der Waals surface area contributed by atoms with Gasteiger partial charge in [0.2, 0.25) is 0 Å². The van der Waals surface area contributed by atoms with E-state index in [-0.39, 0.29) is 36.4 Å². The molecule has 0 atom stereocenters. The molecule has 0 aliphatic rings. The molecule has 0 N–H and O–H groups in total. The normalized spacial score (nSPS) is 10.3. The molecule has 0 saturated heterocycles. The third-order valence-electron chi connectivity index (χ3n) is 3.26. The monoisotopic (exact) mass is 333 g/mol. The Morgan fingerprint density at radius 2 is 2.04 bits per heavy atom. The second kappa shape index (κ2) is 7.49. The zero-order chi connectivity index (χ0) is 17.7. The Morgan fingerprint density at radius 1 is 1.38 bits per heavy atom. The SMILES string of the molecule is Cc1cnc(OCC(=O)N(C)Cc2ccc(F)cc2)c([N+](=O)[O-])c1. The molecule has 1 aromatic heterocycles. The van der Waals surface area contributed by atoms with E-state index in [1.807, 2.05) is 0 Å². The van der Waals surface area contributed by atoms with Gasteiger partial charge in [0, 0.05) is 25.9 Å². The largest absolute Gasteiger partial charge is 0.463 e. The number of rotatable bonds is 6. The number of carbonyl (C=O) groups is 1. The number of aromatic nitrogens is 1. The number of ether oxygens (including phenoxy) is 1. The van der Waals surface area contributed by atoms with Crippen LogP contribution in [0.2, 0.25) is 0 Å². The van der Waals surface area contributed by atoms with E-state index < -0.39 is 4.92 Å². The molecule has 1 aromatic carbocycles. The topological polar surface area (TPSA) is 85.6 Å². The highest BCUT2D eigenvalue weighted by molar-refractivity contribution is 5.77. The van der Waals surface area contributed by atoms with Gasteiger partial charge in [-0.05, 0) is 30.2 Å². The Balaban J connectivity index is 1.97. The Hall–Kier alpha value is -3.03. The van der Waals surface area contributed by atoms with Crippen LogP contribution in [0.5, 0.6) is 5.88 Å². The zero-order valence-electron chi connectivity index (χ0n) is 13.2. The minimum Gasteiger partial charge on any atom is -0.463 e. The first-order chi connectivity index (χ1) is 11.4. The lowest BCUT2D eigenvalue weighted by molar-refractivity contribution is -0.386. The predicted octanol–water partition coefficient (Wildman–Crippen LogP) is 2.47. The lowest BCUT2D eigenvalue weighted by atomic mass is 10.2. The van der Waals surface area contributed by atoms with Crippen LogP contribution in [0.1, 0.15) is 11.1 Å². The number of amides is 1. The van der Waals surface area contributed by atoms with Crippen LogP contribution in [-0.4, -0.2) is 34.4 Å². The number of nitro groups is 1. The molecule has 24 heavy (non-hydrogen) atoms. The third-order valence-corrected chi connectivity index (χ3v) is 3.26. The standard InChI is InChI=1S/C16H16FN3O4/c1-11-7-14(20(22)23)16(18-8-11)24-10-15(21)19(2)9-12-3-5-13(17)6-4-12/h3-8H,9-10H2,1-2H3. The summed E-state index contributed by atoms with van der Waals surface area (Å²) in [5.41, 5.74) is 1.09. The van der Waals surface area contributed by atoms with Crippen LogP contribution in [0, 0.1) is 22.9 Å². The Labute approximate surface area is 137 Å². The first-order valence-corrected chi connectivity index (χ1v) is 7.09. The Kier molecular flexibility index (Phi) is 5.41. The molecule has 0 spiro atoms. The number of benzene rings is 1. The number of hydrogen-bond donors (Lipinski definition) is 0. The number of aryl methyl sites for hydroxylation is 1. The molecule has 1 heterocycles. The molecule has 0 aliphatic heterocycles. The number of halogens is 1. The van der Waals surface area contributed by atoms with Gasteiger partial charge in [-0.25, -0.2) is 9.37 Å². The maximum Gasteiger partial charge on any atom is 0.331 e. The quantitative estimate of drug-likeness (QED) is 0.599. The van der Waals surface area contributed by atoms with Crippen molar-refractivity contribution in [1.29, 1.82) is 0 Å². The van der Waals surface area contributed by atoms with Crippen LogP contribution in [-0.2, 0) is 11.3 Å². The maximum absolute atomic E-state index is 12.9. The molecule has 8 heteroatoms. The van der Waals surface area contributed by atoms with Gasteiger partial charge in [0.1, 0.15) is 5.82 Å². The summed E-state index contributed by atoms with van der Waals surface area (Å²) in [5, 5.41) is 11.0. The van der Waals surface area contributed by atoms with E-state index in [1.165, 1.54) is 29.3 Å². The smallest absolute Gasteiger partial charge is 0.331 e. The molecule has 0 saturated carbocycles. The summed E-state index contributed by atoms with van der Waals surface area (Å²) in [6.45, 7) is 1.56. The van der Waals surface area contributed by atoms with Crippen molar-refractivity contribution in [3.05, 3.63) is 63.6 Å². The molecular weight excluding hydrogens is 317 g/mol. The summed E-state index contributed by atoms with van der Waals surface area (Å²) in [6.07, 6.45) is 1.43. The zero-order valence-corrected chi connectivity index (χ0v) is 13.2. The van der Waals surface area contributed by atoms with Gasteiger partial charge in [-0.2, -0.15) is 0 Å². The van der Waals surface area contributed by atoms with Gasteiger partial charge in [-0.15, -0.1) is 0 Å². The highest BCUT2D eigenvalue weighted by atomic mass is 19.1. The highest BCUT2D eigenvalue weighted by Gasteiger charge is 2.19. The fraction of sp³-hybridized carbons (Fsp3) is 0.250. The van der Waals surface area contributed by atoms with Gasteiger partial charge < -0.3 is 9.64 Å². The summed E-state index contributed by atoms with van der Waals surface area (Å²) < 4.78 is 18.0. The molecule has 2 aromatic rings.